The molecule has 1 aliphatic rings. The maximum Gasteiger partial charge on any atom is 0.236 e. The van der Waals surface area contributed by atoms with Crippen molar-refractivity contribution in [2.24, 2.45) is 0 Å². The van der Waals surface area contributed by atoms with Crippen LogP contribution in [0.3, 0.4) is 0 Å². The summed E-state index contributed by atoms with van der Waals surface area (Å²) in [7, 11) is -4.01. The van der Waals surface area contributed by atoms with Crippen molar-refractivity contribution in [1.82, 2.24) is 9.88 Å². The molecule has 9 heteroatoms. The van der Waals surface area contributed by atoms with Crippen LogP contribution in [-0.2, 0) is 9.84 Å². The molecule has 7 nitrogen and oxygen atoms in total. The maximum atomic E-state index is 13.4. The van der Waals surface area contributed by atoms with Crippen molar-refractivity contribution in [2.75, 3.05) is 44.2 Å². The number of ether oxygens (including phenoxy) is 1. The number of hydrogen-bond donors (Lipinski definition) is 0. The van der Waals surface area contributed by atoms with Gasteiger partial charge in [0, 0.05) is 31.7 Å². The van der Waals surface area contributed by atoms with E-state index in [1.807, 2.05) is 11.8 Å². The zero-order chi connectivity index (χ0) is 22.7. The predicted molar refractivity (Wildman–Crippen MR) is 119 cm³/mol. The quantitative estimate of drug-likeness (QED) is 0.497. The van der Waals surface area contributed by atoms with Crippen LogP contribution in [0, 0.1) is 5.82 Å². The van der Waals surface area contributed by atoms with Crippen LogP contribution in [-0.4, -0.2) is 57.6 Å². The normalized spacial score (nSPS) is 15.2. The van der Waals surface area contributed by atoms with Gasteiger partial charge >= 0.3 is 0 Å². The number of sulfone groups is 1. The van der Waals surface area contributed by atoms with Gasteiger partial charge in [0.2, 0.25) is 26.6 Å². The molecule has 0 aliphatic carbocycles. The Morgan fingerprint density at radius 1 is 1.00 bits per heavy atom. The lowest BCUT2D eigenvalue weighted by atomic mass is 10.2. The summed E-state index contributed by atoms with van der Waals surface area (Å²) in [6.45, 7) is 8.32. The SMILES string of the molecule is CCOc1ccc(-c2nc(S(=O)(=O)c3ccc(F)cc3)c(N3CCN(CC)CC3)o2)cc1. The summed E-state index contributed by atoms with van der Waals surface area (Å²) in [5.74, 6) is 0.628. The molecule has 1 fully saturated rings. The van der Waals surface area contributed by atoms with E-state index in [1.165, 1.54) is 12.1 Å². The predicted octanol–water partition coefficient (Wildman–Crippen LogP) is 3.85. The Balaban J connectivity index is 1.75. The van der Waals surface area contributed by atoms with Crippen molar-refractivity contribution < 1.29 is 22.0 Å². The van der Waals surface area contributed by atoms with Gasteiger partial charge in [-0.1, -0.05) is 6.92 Å². The fourth-order valence-corrected chi connectivity index (χ4v) is 4.97. The number of nitrogens with zero attached hydrogens (tertiary/aromatic N) is 3. The third-order valence-electron chi connectivity index (χ3n) is 5.48. The number of likely N-dealkylation sites (N-methyl/N-ethyl adjacent to an activating group) is 1. The van der Waals surface area contributed by atoms with Crippen LogP contribution in [0.15, 0.2) is 62.9 Å². The lowest BCUT2D eigenvalue weighted by Crippen LogP contribution is -2.46. The van der Waals surface area contributed by atoms with Gasteiger partial charge in [-0.3, -0.25) is 0 Å². The first-order valence-corrected chi connectivity index (χ1v) is 12.1. The van der Waals surface area contributed by atoms with Gasteiger partial charge < -0.3 is 19.0 Å². The number of rotatable bonds is 7. The van der Waals surface area contributed by atoms with Crippen LogP contribution in [0.5, 0.6) is 5.75 Å². The second kappa shape index (κ2) is 9.30. The number of halogens is 1. The second-order valence-electron chi connectivity index (χ2n) is 7.47. The van der Waals surface area contributed by atoms with Gasteiger partial charge in [-0.25, -0.2) is 12.8 Å². The molecule has 2 aromatic carbocycles. The van der Waals surface area contributed by atoms with Crippen molar-refractivity contribution in [3.8, 4) is 17.2 Å². The molecule has 1 saturated heterocycles. The lowest BCUT2D eigenvalue weighted by Gasteiger charge is -2.33. The Kier molecular flexibility index (Phi) is 6.48. The van der Waals surface area contributed by atoms with Gasteiger partial charge in [-0.2, -0.15) is 4.98 Å². The van der Waals surface area contributed by atoms with Crippen LogP contribution in [0.25, 0.3) is 11.5 Å². The van der Waals surface area contributed by atoms with Gasteiger partial charge in [-0.15, -0.1) is 0 Å². The first-order chi connectivity index (χ1) is 15.4. The number of oxazole rings is 1. The topological polar surface area (TPSA) is 75.9 Å². The largest absolute Gasteiger partial charge is 0.494 e. The molecule has 3 aromatic rings. The minimum absolute atomic E-state index is 0.0288. The highest BCUT2D eigenvalue weighted by Gasteiger charge is 2.32. The van der Waals surface area contributed by atoms with Crippen LogP contribution >= 0.6 is 0 Å². The second-order valence-corrected chi connectivity index (χ2v) is 9.33. The minimum Gasteiger partial charge on any atom is -0.494 e. The molecular weight excluding hydrogens is 433 g/mol. The van der Waals surface area contributed by atoms with E-state index in [0.717, 1.165) is 31.8 Å². The molecule has 0 unspecified atom stereocenters. The molecular formula is C23H26FN3O4S. The monoisotopic (exact) mass is 459 g/mol. The summed E-state index contributed by atoms with van der Waals surface area (Å²) in [6.07, 6.45) is 0. The Morgan fingerprint density at radius 2 is 1.66 bits per heavy atom. The van der Waals surface area contributed by atoms with Crippen molar-refractivity contribution in [1.29, 1.82) is 0 Å². The Labute approximate surface area is 187 Å². The number of benzene rings is 2. The minimum atomic E-state index is -4.01. The fourth-order valence-electron chi connectivity index (χ4n) is 3.65. The molecule has 4 rings (SSSR count). The van der Waals surface area contributed by atoms with Gasteiger partial charge in [0.25, 0.3) is 0 Å². The summed E-state index contributed by atoms with van der Waals surface area (Å²) in [5, 5.41) is -0.155. The average Bonchev–Trinajstić information content (AvgIpc) is 3.27. The van der Waals surface area contributed by atoms with Crippen molar-refractivity contribution >= 4 is 15.7 Å². The van der Waals surface area contributed by atoms with E-state index in [4.69, 9.17) is 9.15 Å². The molecule has 1 aliphatic heterocycles. The van der Waals surface area contributed by atoms with Crippen molar-refractivity contribution in [3.63, 3.8) is 0 Å². The molecule has 170 valence electrons. The van der Waals surface area contributed by atoms with E-state index in [-0.39, 0.29) is 21.7 Å². The van der Waals surface area contributed by atoms with E-state index in [1.54, 1.807) is 24.3 Å². The fraction of sp³-hybridized carbons (Fsp3) is 0.348. The Bertz CT molecular complexity index is 1150. The molecule has 0 N–H and O–H groups in total. The van der Waals surface area contributed by atoms with Crippen LogP contribution in [0.1, 0.15) is 13.8 Å². The molecule has 0 amide bonds. The summed E-state index contributed by atoms with van der Waals surface area (Å²) in [5.41, 5.74) is 0.641. The molecule has 0 radical (unpaired) electrons. The highest BCUT2D eigenvalue weighted by molar-refractivity contribution is 7.91. The molecule has 32 heavy (non-hydrogen) atoms. The van der Waals surface area contributed by atoms with E-state index < -0.39 is 15.7 Å². The Morgan fingerprint density at radius 3 is 2.25 bits per heavy atom. The first-order valence-electron chi connectivity index (χ1n) is 10.6. The summed E-state index contributed by atoms with van der Waals surface area (Å²) >= 11 is 0. The third kappa shape index (κ3) is 4.49. The number of anilines is 1. The molecule has 1 aromatic heterocycles. The smallest absolute Gasteiger partial charge is 0.236 e. The summed E-state index contributed by atoms with van der Waals surface area (Å²) < 4.78 is 51.7. The van der Waals surface area contributed by atoms with E-state index >= 15 is 0 Å². The highest BCUT2D eigenvalue weighted by Crippen LogP contribution is 2.35. The van der Waals surface area contributed by atoms with Crippen LogP contribution < -0.4 is 9.64 Å². The van der Waals surface area contributed by atoms with E-state index in [0.29, 0.717) is 31.0 Å². The molecule has 0 saturated carbocycles. The van der Waals surface area contributed by atoms with Gasteiger partial charge in [0.1, 0.15) is 11.6 Å². The highest BCUT2D eigenvalue weighted by atomic mass is 32.2. The number of hydrogen-bond acceptors (Lipinski definition) is 7. The Hall–Kier alpha value is -2.91. The van der Waals surface area contributed by atoms with Gasteiger partial charge in [0.05, 0.1) is 11.5 Å². The average molecular weight is 460 g/mol. The van der Waals surface area contributed by atoms with Gasteiger partial charge in [0.15, 0.2) is 0 Å². The lowest BCUT2D eigenvalue weighted by molar-refractivity contribution is 0.266. The van der Waals surface area contributed by atoms with E-state index in [9.17, 15) is 12.8 Å². The molecule has 2 heterocycles. The standard InChI is InChI=1S/C23H26FN3O4S/c1-3-26-13-15-27(16-14-26)23-22(32(28,29)20-11-7-18(24)8-12-20)25-21(31-23)17-5-9-19(10-6-17)30-4-2/h5-12H,3-4,13-16H2,1-2H3. The summed E-state index contributed by atoms with van der Waals surface area (Å²) in [4.78, 5) is 8.56. The summed E-state index contributed by atoms with van der Waals surface area (Å²) in [6, 6.07) is 11.9. The zero-order valence-corrected chi connectivity index (χ0v) is 18.9. The molecule has 0 atom stereocenters. The van der Waals surface area contributed by atoms with E-state index in [2.05, 4.69) is 16.8 Å². The molecule has 0 spiro atoms. The first kappa shape index (κ1) is 22.3. The van der Waals surface area contributed by atoms with Gasteiger partial charge in [-0.05, 0) is 62.0 Å². The number of piperazine rings is 1. The van der Waals surface area contributed by atoms with Crippen molar-refractivity contribution in [3.05, 3.63) is 54.3 Å². The zero-order valence-electron chi connectivity index (χ0n) is 18.1. The molecule has 0 bridgehead atoms. The van der Waals surface area contributed by atoms with Crippen LogP contribution in [0.4, 0.5) is 10.3 Å². The van der Waals surface area contributed by atoms with Crippen LogP contribution in [0.2, 0.25) is 0 Å². The maximum absolute atomic E-state index is 13.4. The van der Waals surface area contributed by atoms with Crippen molar-refractivity contribution in [2.45, 2.75) is 23.8 Å². The number of aromatic nitrogens is 1. The third-order valence-corrected chi connectivity index (χ3v) is 7.14.